The predicted molar refractivity (Wildman–Crippen MR) is 74.1 cm³/mol. The number of thioether (sulfide) groups is 1. The van der Waals surface area contributed by atoms with Gasteiger partial charge >= 0.3 is 6.36 Å². The summed E-state index contributed by atoms with van der Waals surface area (Å²) in [5, 5.41) is 5.70. The number of benzene rings is 1. The summed E-state index contributed by atoms with van der Waals surface area (Å²) < 4.78 is 40.8. The molecular weight excluding hydrogens is 305 g/mol. The van der Waals surface area contributed by atoms with E-state index in [1.807, 2.05) is 0 Å². The molecule has 0 saturated carbocycles. The zero-order chi connectivity index (χ0) is 15.3. The third kappa shape index (κ3) is 5.13. The van der Waals surface area contributed by atoms with Crippen LogP contribution in [0.5, 0.6) is 5.75 Å². The van der Waals surface area contributed by atoms with E-state index in [4.69, 9.17) is 0 Å². The number of ether oxygens (including phenoxy) is 1. The number of carbonyl (C=O) groups is 1. The Kier molecular flexibility index (Phi) is 5.35. The van der Waals surface area contributed by atoms with Gasteiger partial charge in [0.25, 0.3) is 0 Å². The number of rotatable bonds is 4. The van der Waals surface area contributed by atoms with Crippen LogP contribution in [0.25, 0.3) is 0 Å². The Morgan fingerprint density at radius 3 is 2.86 bits per heavy atom. The van der Waals surface area contributed by atoms with Crippen molar-refractivity contribution in [2.24, 2.45) is 0 Å². The molecule has 1 amide bonds. The largest absolute Gasteiger partial charge is 0.573 e. The molecule has 1 aromatic rings. The normalized spacial score (nSPS) is 19.1. The van der Waals surface area contributed by atoms with Crippen LogP contribution in [0, 0.1) is 0 Å². The molecular formula is C13H15F3N2O2S. The molecule has 1 fully saturated rings. The number of carbonyl (C=O) groups excluding carboxylic acids is 1. The standard InChI is InChI=1S/C13H15F3N2O2S/c14-13(15,16)20-11-4-2-1-3-9(11)7-18-12(19)10-8-21-6-5-17-10/h1-4,10,17H,5-8H2,(H,18,19). The molecule has 21 heavy (non-hydrogen) atoms. The molecule has 116 valence electrons. The molecule has 1 aromatic carbocycles. The van der Waals surface area contributed by atoms with Crippen molar-refractivity contribution in [3.63, 3.8) is 0 Å². The minimum absolute atomic E-state index is 0.00602. The Labute approximate surface area is 124 Å². The van der Waals surface area contributed by atoms with Gasteiger partial charge in [-0.25, -0.2) is 0 Å². The number of amides is 1. The zero-order valence-corrected chi connectivity index (χ0v) is 11.9. The quantitative estimate of drug-likeness (QED) is 0.890. The molecule has 1 aliphatic rings. The lowest BCUT2D eigenvalue weighted by Crippen LogP contribution is -2.48. The minimum atomic E-state index is -4.75. The Hall–Kier alpha value is -1.41. The van der Waals surface area contributed by atoms with E-state index in [0.717, 1.165) is 12.3 Å². The van der Waals surface area contributed by atoms with Gasteiger partial charge in [-0.15, -0.1) is 13.2 Å². The average Bonchev–Trinajstić information content (AvgIpc) is 2.45. The van der Waals surface area contributed by atoms with Crippen molar-refractivity contribution in [2.75, 3.05) is 18.1 Å². The van der Waals surface area contributed by atoms with Crippen LogP contribution in [0.4, 0.5) is 13.2 Å². The molecule has 1 unspecified atom stereocenters. The van der Waals surface area contributed by atoms with Crippen molar-refractivity contribution < 1.29 is 22.7 Å². The second kappa shape index (κ2) is 7.04. The zero-order valence-electron chi connectivity index (χ0n) is 11.1. The monoisotopic (exact) mass is 320 g/mol. The number of hydrogen-bond donors (Lipinski definition) is 2. The number of nitrogens with one attached hydrogen (secondary N) is 2. The Morgan fingerprint density at radius 2 is 2.19 bits per heavy atom. The van der Waals surface area contributed by atoms with E-state index in [1.165, 1.54) is 18.2 Å². The average molecular weight is 320 g/mol. The SMILES string of the molecule is O=C(NCc1ccccc1OC(F)(F)F)C1CSCCN1. The van der Waals surface area contributed by atoms with Gasteiger partial charge < -0.3 is 15.4 Å². The van der Waals surface area contributed by atoms with Crippen LogP contribution in [0.1, 0.15) is 5.56 Å². The van der Waals surface area contributed by atoms with E-state index < -0.39 is 6.36 Å². The van der Waals surface area contributed by atoms with Crippen LogP contribution >= 0.6 is 11.8 Å². The summed E-state index contributed by atoms with van der Waals surface area (Å²) in [5.41, 5.74) is 0.284. The minimum Gasteiger partial charge on any atom is -0.405 e. The van der Waals surface area contributed by atoms with Crippen LogP contribution < -0.4 is 15.4 Å². The third-order valence-corrected chi connectivity index (χ3v) is 3.95. The van der Waals surface area contributed by atoms with Gasteiger partial charge in [0.1, 0.15) is 5.75 Å². The van der Waals surface area contributed by atoms with Gasteiger partial charge in [0.2, 0.25) is 5.91 Å². The molecule has 4 nitrogen and oxygen atoms in total. The van der Waals surface area contributed by atoms with Crippen molar-refractivity contribution in [1.29, 1.82) is 0 Å². The predicted octanol–water partition coefficient (Wildman–Crippen LogP) is 1.91. The molecule has 0 bridgehead atoms. The Balaban J connectivity index is 1.94. The topological polar surface area (TPSA) is 50.4 Å². The Morgan fingerprint density at radius 1 is 1.43 bits per heavy atom. The van der Waals surface area contributed by atoms with E-state index in [0.29, 0.717) is 5.75 Å². The molecule has 0 spiro atoms. The molecule has 1 heterocycles. The molecule has 1 atom stereocenters. The van der Waals surface area contributed by atoms with E-state index in [9.17, 15) is 18.0 Å². The number of hydrogen-bond acceptors (Lipinski definition) is 4. The highest BCUT2D eigenvalue weighted by atomic mass is 32.2. The van der Waals surface area contributed by atoms with E-state index in [2.05, 4.69) is 15.4 Å². The highest BCUT2D eigenvalue weighted by molar-refractivity contribution is 7.99. The molecule has 1 aliphatic heterocycles. The maximum absolute atomic E-state index is 12.3. The van der Waals surface area contributed by atoms with Gasteiger partial charge in [-0.2, -0.15) is 11.8 Å². The summed E-state index contributed by atoms with van der Waals surface area (Å²) in [6.07, 6.45) is -4.75. The smallest absolute Gasteiger partial charge is 0.405 e. The summed E-state index contributed by atoms with van der Waals surface area (Å²) in [7, 11) is 0. The van der Waals surface area contributed by atoms with Gasteiger partial charge in [0, 0.05) is 30.2 Å². The van der Waals surface area contributed by atoms with Gasteiger partial charge in [-0.05, 0) is 6.07 Å². The number of halogens is 3. The summed E-state index contributed by atoms with van der Waals surface area (Å²) in [4.78, 5) is 11.9. The van der Waals surface area contributed by atoms with E-state index in [-0.39, 0.29) is 29.8 Å². The second-order valence-corrected chi connectivity index (χ2v) is 5.60. The molecule has 0 radical (unpaired) electrons. The van der Waals surface area contributed by atoms with Crippen molar-refractivity contribution in [3.8, 4) is 5.75 Å². The van der Waals surface area contributed by atoms with Crippen LogP contribution in [0.15, 0.2) is 24.3 Å². The van der Waals surface area contributed by atoms with E-state index in [1.54, 1.807) is 17.8 Å². The summed E-state index contributed by atoms with van der Waals surface area (Å²) in [6.45, 7) is 0.741. The van der Waals surface area contributed by atoms with Crippen LogP contribution in [0.3, 0.4) is 0 Å². The van der Waals surface area contributed by atoms with Gasteiger partial charge in [-0.1, -0.05) is 18.2 Å². The highest BCUT2D eigenvalue weighted by Gasteiger charge is 2.32. The van der Waals surface area contributed by atoms with Gasteiger partial charge in [0.05, 0.1) is 6.04 Å². The lowest BCUT2D eigenvalue weighted by atomic mass is 10.2. The summed E-state index contributed by atoms with van der Waals surface area (Å²) in [5.74, 6) is 1.10. The molecule has 2 N–H and O–H groups in total. The van der Waals surface area contributed by atoms with Crippen LogP contribution in [-0.2, 0) is 11.3 Å². The first kappa shape index (κ1) is 16.0. The maximum Gasteiger partial charge on any atom is 0.573 e. The van der Waals surface area contributed by atoms with Crippen LogP contribution in [-0.4, -0.2) is 36.4 Å². The summed E-state index contributed by atoms with van der Waals surface area (Å²) in [6, 6.07) is 5.46. The first-order valence-electron chi connectivity index (χ1n) is 6.38. The fourth-order valence-corrected chi connectivity index (χ4v) is 2.85. The van der Waals surface area contributed by atoms with Crippen molar-refractivity contribution in [2.45, 2.75) is 18.9 Å². The molecule has 1 saturated heterocycles. The number of para-hydroxylation sites is 1. The maximum atomic E-state index is 12.3. The lowest BCUT2D eigenvalue weighted by molar-refractivity contribution is -0.274. The molecule has 8 heteroatoms. The lowest BCUT2D eigenvalue weighted by Gasteiger charge is -2.22. The van der Waals surface area contributed by atoms with Crippen molar-refractivity contribution >= 4 is 17.7 Å². The first-order valence-corrected chi connectivity index (χ1v) is 7.53. The van der Waals surface area contributed by atoms with Crippen LogP contribution in [0.2, 0.25) is 0 Å². The molecule has 0 aromatic heterocycles. The molecule has 2 rings (SSSR count). The van der Waals surface area contributed by atoms with Gasteiger partial charge in [-0.3, -0.25) is 4.79 Å². The fourth-order valence-electron chi connectivity index (χ4n) is 1.91. The first-order chi connectivity index (χ1) is 9.96. The van der Waals surface area contributed by atoms with Crippen molar-refractivity contribution in [3.05, 3.63) is 29.8 Å². The highest BCUT2D eigenvalue weighted by Crippen LogP contribution is 2.26. The third-order valence-electron chi connectivity index (χ3n) is 2.89. The van der Waals surface area contributed by atoms with Gasteiger partial charge in [0.15, 0.2) is 0 Å². The van der Waals surface area contributed by atoms with E-state index >= 15 is 0 Å². The Bertz CT molecular complexity index is 491. The fraction of sp³-hybridized carbons (Fsp3) is 0.462. The number of alkyl halides is 3. The van der Waals surface area contributed by atoms with Crippen molar-refractivity contribution in [1.82, 2.24) is 10.6 Å². The second-order valence-electron chi connectivity index (χ2n) is 4.45. The molecule has 0 aliphatic carbocycles. The summed E-state index contributed by atoms with van der Waals surface area (Å²) >= 11 is 1.67.